The van der Waals surface area contributed by atoms with Crippen LogP contribution in [-0.2, 0) is 16.3 Å². The molecule has 0 radical (unpaired) electrons. The van der Waals surface area contributed by atoms with Gasteiger partial charge in [-0.25, -0.2) is 8.42 Å². The molecule has 62 valence electrons. The van der Waals surface area contributed by atoms with Crippen LogP contribution in [0.5, 0.6) is 0 Å². The number of H-pyrrole nitrogens is 1. The highest BCUT2D eigenvalue weighted by molar-refractivity contribution is 7.90. The van der Waals surface area contributed by atoms with Crippen molar-refractivity contribution in [3.8, 4) is 0 Å². The predicted molar refractivity (Wildman–Crippen MR) is 41.1 cm³/mol. The van der Waals surface area contributed by atoms with Gasteiger partial charge >= 0.3 is 0 Å². The lowest BCUT2D eigenvalue weighted by atomic mass is 10.3. The Bertz CT molecular complexity index is 339. The number of nitrogens with zero attached hydrogens (tertiary/aromatic N) is 1. The maximum absolute atomic E-state index is 11.0. The second-order valence-corrected chi connectivity index (χ2v) is 4.32. The van der Waals surface area contributed by atoms with E-state index in [1.54, 1.807) is 0 Å². The van der Waals surface area contributed by atoms with Gasteiger partial charge in [0.2, 0.25) is 0 Å². The maximum Gasteiger partial charge on any atom is 0.178 e. The average molecular weight is 174 g/mol. The lowest BCUT2D eigenvalue weighted by Gasteiger charge is -1.94. The number of aromatic nitrogens is 2. The first-order chi connectivity index (χ1) is 5.05. The number of rotatable bonds is 2. The molecule has 1 rings (SSSR count). The van der Waals surface area contributed by atoms with Crippen LogP contribution in [0.3, 0.4) is 0 Å². The minimum absolute atomic E-state index is 0.306. The van der Waals surface area contributed by atoms with Gasteiger partial charge in [-0.1, -0.05) is 6.92 Å². The minimum atomic E-state index is -3.10. The third kappa shape index (κ3) is 1.59. The molecule has 0 aliphatic rings. The molecule has 11 heavy (non-hydrogen) atoms. The van der Waals surface area contributed by atoms with Crippen molar-refractivity contribution < 1.29 is 8.42 Å². The van der Waals surface area contributed by atoms with Crippen LogP contribution in [0.25, 0.3) is 0 Å². The fourth-order valence-corrected chi connectivity index (χ4v) is 1.76. The zero-order chi connectivity index (χ0) is 8.48. The van der Waals surface area contributed by atoms with E-state index in [9.17, 15) is 8.42 Å². The molecule has 0 aliphatic heterocycles. The van der Waals surface area contributed by atoms with Crippen LogP contribution >= 0.6 is 0 Å². The molecule has 0 bridgehead atoms. The SMILES string of the molecule is CCc1[nH]ncc1S(C)(=O)=O. The summed E-state index contributed by atoms with van der Waals surface area (Å²) in [5.74, 6) is 0. The highest BCUT2D eigenvalue weighted by Crippen LogP contribution is 2.11. The molecule has 0 atom stereocenters. The Morgan fingerprint density at radius 3 is 2.64 bits per heavy atom. The van der Waals surface area contributed by atoms with E-state index in [0.29, 0.717) is 17.0 Å². The summed E-state index contributed by atoms with van der Waals surface area (Å²) in [7, 11) is -3.10. The van der Waals surface area contributed by atoms with Crippen LogP contribution in [-0.4, -0.2) is 24.9 Å². The number of hydrogen-bond donors (Lipinski definition) is 1. The summed E-state index contributed by atoms with van der Waals surface area (Å²) in [5.41, 5.74) is 0.674. The van der Waals surface area contributed by atoms with Gasteiger partial charge in [0.05, 0.1) is 11.9 Å². The van der Waals surface area contributed by atoms with Gasteiger partial charge in [0, 0.05) is 6.26 Å². The minimum Gasteiger partial charge on any atom is -0.281 e. The van der Waals surface area contributed by atoms with Crippen molar-refractivity contribution in [1.29, 1.82) is 0 Å². The van der Waals surface area contributed by atoms with Gasteiger partial charge in [-0.2, -0.15) is 5.10 Å². The first-order valence-corrected chi connectivity index (χ1v) is 5.17. The van der Waals surface area contributed by atoms with Crippen molar-refractivity contribution in [1.82, 2.24) is 10.2 Å². The predicted octanol–water partition coefficient (Wildman–Crippen LogP) is 0.376. The molecule has 1 heterocycles. The summed E-state index contributed by atoms with van der Waals surface area (Å²) >= 11 is 0. The molecular formula is C6H10N2O2S. The van der Waals surface area contributed by atoms with E-state index in [2.05, 4.69) is 10.2 Å². The van der Waals surface area contributed by atoms with Gasteiger partial charge in [-0.3, -0.25) is 5.10 Å². The van der Waals surface area contributed by atoms with Crippen LogP contribution in [0.15, 0.2) is 11.1 Å². The third-order valence-electron chi connectivity index (χ3n) is 1.43. The molecule has 0 aromatic carbocycles. The molecule has 0 amide bonds. The summed E-state index contributed by atoms with van der Waals surface area (Å²) in [6.45, 7) is 1.88. The van der Waals surface area contributed by atoms with E-state index < -0.39 is 9.84 Å². The number of aryl methyl sites for hydroxylation is 1. The van der Waals surface area contributed by atoms with Crippen molar-refractivity contribution in [3.05, 3.63) is 11.9 Å². The molecule has 1 aromatic rings. The monoisotopic (exact) mass is 174 g/mol. The van der Waals surface area contributed by atoms with Crippen LogP contribution < -0.4 is 0 Å². The Hall–Kier alpha value is -0.840. The normalized spacial score (nSPS) is 11.8. The third-order valence-corrected chi connectivity index (χ3v) is 2.58. The zero-order valence-electron chi connectivity index (χ0n) is 6.46. The zero-order valence-corrected chi connectivity index (χ0v) is 7.27. The number of aromatic amines is 1. The fraction of sp³-hybridized carbons (Fsp3) is 0.500. The summed E-state index contributed by atoms with van der Waals surface area (Å²) < 4.78 is 22.0. The largest absolute Gasteiger partial charge is 0.281 e. The molecule has 0 saturated heterocycles. The summed E-state index contributed by atoms with van der Waals surface area (Å²) in [6.07, 6.45) is 3.17. The van der Waals surface area contributed by atoms with Crippen LogP contribution in [0.1, 0.15) is 12.6 Å². The highest BCUT2D eigenvalue weighted by atomic mass is 32.2. The molecule has 0 aliphatic carbocycles. The molecule has 0 saturated carbocycles. The topological polar surface area (TPSA) is 62.8 Å². The van der Waals surface area contributed by atoms with Crippen LogP contribution in [0.4, 0.5) is 0 Å². The number of sulfone groups is 1. The molecule has 0 spiro atoms. The molecule has 5 heteroatoms. The van der Waals surface area contributed by atoms with Crippen molar-refractivity contribution in [2.45, 2.75) is 18.2 Å². The molecule has 1 N–H and O–H groups in total. The lowest BCUT2D eigenvalue weighted by Crippen LogP contribution is -1.98. The summed E-state index contributed by atoms with van der Waals surface area (Å²) in [4.78, 5) is 0.306. The van der Waals surface area contributed by atoms with Crippen molar-refractivity contribution in [2.24, 2.45) is 0 Å². The van der Waals surface area contributed by atoms with Crippen LogP contribution in [0.2, 0.25) is 0 Å². The standard InChI is InChI=1S/C6H10N2O2S/c1-3-5-6(4-7-8-5)11(2,9)10/h4H,3H2,1-2H3,(H,7,8). The Labute approximate surface area is 65.5 Å². The molecule has 0 fully saturated rings. The van der Waals surface area contributed by atoms with E-state index in [0.717, 1.165) is 0 Å². The van der Waals surface area contributed by atoms with Crippen molar-refractivity contribution in [3.63, 3.8) is 0 Å². The van der Waals surface area contributed by atoms with E-state index >= 15 is 0 Å². The van der Waals surface area contributed by atoms with Gasteiger partial charge in [-0.05, 0) is 6.42 Å². The van der Waals surface area contributed by atoms with Gasteiger partial charge in [-0.15, -0.1) is 0 Å². The first-order valence-electron chi connectivity index (χ1n) is 3.28. The van der Waals surface area contributed by atoms with Gasteiger partial charge in [0.15, 0.2) is 9.84 Å². The molecule has 0 unspecified atom stereocenters. The Kier molecular flexibility index (Phi) is 1.99. The van der Waals surface area contributed by atoms with Crippen molar-refractivity contribution in [2.75, 3.05) is 6.26 Å². The summed E-state index contributed by atoms with van der Waals surface area (Å²) in [5, 5.41) is 6.29. The van der Waals surface area contributed by atoms with Crippen LogP contribution in [0, 0.1) is 0 Å². The quantitative estimate of drug-likeness (QED) is 0.704. The maximum atomic E-state index is 11.0. The van der Waals surface area contributed by atoms with Gasteiger partial charge in [0.1, 0.15) is 4.90 Å². The van der Waals surface area contributed by atoms with Crippen molar-refractivity contribution >= 4 is 9.84 Å². The van der Waals surface area contributed by atoms with E-state index in [1.807, 2.05) is 6.92 Å². The highest BCUT2D eigenvalue weighted by Gasteiger charge is 2.13. The Morgan fingerprint density at radius 2 is 2.27 bits per heavy atom. The lowest BCUT2D eigenvalue weighted by molar-refractivity contribution is 0.601. The molecule has 1 aromatic heterocycles. The fourth-order valence-electron chi connectivity index (χ4n) is 0.875. The average Bonchev–Trinajstić information content (AvgIpc) is 2.31. The first kappa shape index (κ1) is 8.26. The number of hydrogen-bond acceptors (Lipinski definition) is 3. The van der Waals surface area contributed by atoms with Gasteiger partial charge in [0.25, 0.3) is 0 Å². The van der Waals surface area contributed by atoms with E-state index in [1.165, 1.54) is 12.5 Å². The Morgan fingerprint density at radius 1 is 1.64 bits per heavy atom. The summed E-state index contributed by atoms with van der Waals surface area (Å²) in [6, 6.07) is 0. The second-order valence-electron chi connectivity index (χ2n) is 2.34. The van der Waals surface area contributed by atoms with E-state index in [-0.39, 0.29) is 0 Å². The molecular weight excluding hydrogens is 164 g/mol. The van der Waals surface area contributed by atoms with E-state index in [4.69, 9.17) is 0 Å². The Balaban J connectivity index is 3.24. The van der Waals surface area contributed by atoms with Gasteiger partial charge < -0.3 is 0 Å². The molecule has 4 nitrogen and oxygen atoms in total. The smallest absolute Gasteiger partial charge is 0.178 e. The number of nitrogens with one attached hydrogen (secondary N) is 1. The second kappa shape index (κ2) is 2.65.